The van der Waals surface area contributed by atoms with Gasteiger partial charge in [0.2, 0.25) is 0 Å². The van der Waals surface area contributed by atoms with Crippen molar-refractivity contribution in [1.29, 1.82) is 0 Å². The largest absolute Gasteiger partial charge is 0.374 e. The van der Waals surface area contributed by atoms with Crippen LogP contribution in [0.4, 0.5) is 11.5 Å². The standard InChI is InChI=1S/C32H45N9O2/c1-22-28(35-31(42)27-17-34-40-13-6-29(36-30(27)40)39-19-26-16-25(39)21-43-26)20-41(37-22)24-4-2-23(3-5-24)18-38-14-9-32(10-15-38)7-11-33-12-8-32/h6,13,17,20,23-26,33H,2-5,7-12,14-16,18-19,21H2,1H3,(H,35,42)/t23?,24?,25-,26-/m1/s1. The molecule has 3 aromatic rings. The molecule has 0 aromatic carbocycles. The molecule has 43 heavy (non-hydrogen) atoms. The molecule has 3 aromatic heterocycles. The van der Waals surface area contributed by atoms with E-state index in [2.05, 4.69) is 30.2 Å². The van der Waals surface area contributed by atoms with Crippen molar-refractivity contribution in [3.8, 4) is 0 Å². The third kappa shape index (κ3) is 5.33. The van der Waals surface area contributed by atoms with Gasteiger partial charge in [-0.15, -0.1) is 0 Å². The second-order valence-corrected chi connectivity index (χ2v) is 13.9. The summed E-state index contributed by atoms with van der Waals surface area (Å²) in [5.41, 5.74) is 3.27. The average molecular weight is 588 g/mol. The Morgan fingerprint density at radius 2 is 1.93 bits per heavy atom. The fourth-order valence-electron chi connectivity index (χ4n) is 8.46. The number of carbonyl (C=O) groups excluding carboxylic acids is 1. The van der Waals surface area contributed by atoms with Gasteiger partial charge in [-0.2, -0.15) is 10.2 Å². The molecular formula is C32H45N9O2. The highest BCUT2D eigenvalue weighted by atomic mass is 16.5. The Kier molecular flexibility index (Phi) is 7.14. The summed E-state index contributed by atoms with van der Waals surface area (Å²) >= 11 is 0. The van der Waals surface area contributed by atoms with Crippen LogP contribution in [-0.2, 0) is 4.74 Å². The molecule has 11 nitrogen and oxygen atoms in total. The first-order chi connectivity index (χ1) is 21.0. The van der Waals surface area contributed by atoms with Gasteiger partial charge in [-0.05, 0) is 108 Å². The van der Waals surface area contributed by atoms with Gasteiger partial charge >= 0.3 is 0 Å². The van der Waals surface area contributed by atoms with E-state index in [1.807, 2.05) is 25.4 Å². The first-order valence-electron chi connectivity index (χ1n) is 16.5. The van der Waals surface area contributed by atoms with Gasteiger partial charge in [0, 0.05) is 25.5 Å². The minimum absolute atomic E-state index is 0.204. The predicted molar refractivity (Wildman–Crippen MR) is 165 cm³/mol. The molecule has 1 spiro atoms. The van der Waals surface area contributed by atoms with Gasteiger partial charge in [-0.1, -0.05) is 0 Å². The van der Waals surface area contributed by atoms with E-state index in [9.17, 15) is 4.79 Å². The van der Waals surface area contributed by atoms with E-state index >= 15 is 0 Å². The van der Waals surface area contributed by atoms with Gasteiger partial charge in [0.15, 0.2) is 5.65 Å². The SMILES string of the molecule is Cc1nn(C2CCC(CN3CCC4(CCNCC4)CC3)CC2)cc1NC(=O)c1cnn2ccc(N3C[C@H]4C[C@@H]3CO4)nc12. The fourth-order valence-corrected chi connectivity index (χ4v) is 8.46. The number of nitrogens with zero attached hydrogens (tertiary/aromatic N) is 7. The topological polar surface area (TPSA) is 105 Å². The lowest BCUT2D eigenvalue weighted by atomic mass is 9.71. The van der Waals surface area contributed by atoms with Gasteiger partial charge in [0.1, 0.15) is 11.4 Å². The number of likely N-dealkylation sites (tertiary alicyclic amines) is 1. The summed E-state index contributed by atoms with van der Waals surface area (Å²) in [4.78, 5) is 23.3. The van der Waals surface area contributed by atoms with E-state index in [0.29, 0.717) is 28.7 Å². The van der Waals surface area contributed by atoms with Crippen molar-refractivity contribution >= 4 is 23.1 Å². The number of morpholine rings is 1. The average Bonchev–Trinajstić information content (AvgIpc) is 3.84. The van der Waals surface area contributed by atoms with Crippen molar-refractivity contribution in [2.45, 2.75) is 82.9 Å². The Morgan fingerprint density at radius 1 is 1.12 bits per heavy atom. The molecule has 230 valence electrons. The van der Waals surface area contributed by atoms with Crippen LogP contribution in [0.5, 0.6) is 0 Å². The van der Waals surface area contributed by atoms with Crippen LogP contribution in [0, 0.1) is 18.3 Å². The van der Waals surface area contributed by atoms with Crippen LogP contribution in [0.2, 0.25) is 0 Å². The van der Waals surface area contributed by atoms with Crippen molar-refractivity contribution in [2.75, 3.05) is 56.1 Å². The Bertz CT molecular complexity index is 1460. The van der Waals surface area contributed by atoms with E-state index < -0.39 is 0 Å². The highest BCUT2D eigenvalue weighted by Gasteiger charge is 2.40. The van der Waals surface area contributed by atoms with Crippen LogP contribution in [0.3, 0.4) is 0 Å². The summed E-state index contributed by atoms with van der Waals surface area (Å²) in [6, 6.07) is 2.73. The Morgan fingerprint density at radius 3 is 2.67 bits per heavy atom. The second kappa shape index (κ2) is 11.2. The van der Waals surface area contributed by atoms with Crippen LogP contribution < -0.4 is 15.5 Å². The van der Waals surface area contributed by atoms with Crippen molar-refractivity contribution < 1.29 is 9.53 Å². The van der Waals surface area contributed by atoms with Gasteiger partial charge < -0.3 is 25.2 Å². The van der Waals surface area contributed by atoms with Crippen molar-refractivity contribution in [3.63, 3.8) is 0 Å². The molecule has 4 saturated heterocycles. The summed E-state index contributed by atoms with van der Waals surface area (Å²) in [6.45, 7) is 9.78. The highest BCUT2D eigenvalue weighted by molar-refractivity contribution is 6.08. The normalized spacial score (nSPS) is 29.1. The van der Waals surface area contributed by atoms with Crippen molar-refractivity contribution in [2.24, 2.45) is 11.3 Å². The number of fused-ring (bicyclic) bond motifs is 3. The number of ether oxygens (including phenoxy) is 1. The predicted octanol–water partition coefficient (Wildman–Crippen LogP) is 3.66. The molecule has 7 heterocycles. The first-order valence-corrected chi connectivity index (χ1v) is 16.5. The summed E-state index contributed by atoms with van der Waals surface area (Å²) < 4.78 is 9.52. The summed E-state index contributed by atoms with van der Waals surface area (Å²) in [7, 11) is 0. The van der Waals surface area contributed by atoms with Crippen molar-refractivity contribution in [1.82, 2.24) is 34.6 Å². The number of rotatable bonds is 6. The third-order valence-electron chi connectivity index (χ3n) is 11.2. The lowest BCUT2D eigenvalue weighted by Gasteiger charge is -2.45. The molecule has 11 heteroatoms. The quantitative estimate of drug-likeness (QED) is 0.450. The molecule has 0 unspecified atom stereocenters. The molecule has 2 N–H and O–H groups in total. The number of piperidine rings is 2. The molecule has 8 rings (SSSR count). The van der Waals surface area contributed by atoms with Crippen LogP contribution >= 0.6 is 0 Å². The maximum atomic E-state index is 13.4. The van der Waals surface area contributed by atoms with Gasteiger partial charge in [-0.25, -0.2) is 9.50 Å². The number of hydrogen-bond donors (Lipinski definition) is 2. The zero-order chi connectivity index (χ0) is 29.0. The van der Waals surface area contributed by atoms with Gasteiger partial charge in [0.05, 0.1) is 42.4 Å². The minimum Gasteiger partial charge on any atom is -0.374 e. The zero-order valence-electron chi connectivity index (χ0n) is 25.4. The summed E-state index contributed by atoms with van der Waals surface area (Å²) in [5.74, 6) is 1.46. The molecule has 5 aliphatic rings. The van der Waals surface area contributed by atoms with E-state index in [1.54, 1.807) is 10.7 Å². The smallest absolute Gasteiger partial charge is 0.261 e. The number of nitrogens with one attached hydrogen (secondary N) is 2. The number of carbonyl (C=O) groups is 1. The molecule has 4 aliphatic heterocycles. The van der Waals surface area contributed by atoms with Crippen LogP contribution in [0.15, 0.2) is 24.7 Å². The van der Waals surface area contributed by atoms with Crippen LogP contribution in [0.25, 0.3) is 5.65 Å². The first kappa shape index (κ1) is 27.5. The number of anilines is 2. The third-order valence-corrected chi connectivity index (χ3v) is 11.2. The molecular weight excluding hydrogens is 542 g/mol. The lowest BCUT2D eigenvalue weighted by Crippen LogP contribution is -2.46. The van der Waals surface area contributed by atoms with Crippen LogP contribution in [-0.4, -0.2) is 93.2 Å². The summed E-state index contributed by atoms with van der Waals surface area (Å²) in [5, 5.41) is 15.9. The van der Waals surface area contributed by atoms with E-state index in [0.717, 1.165) is 55.5 Å². The van der Waals surface area contributed by atoms with Gasteiger partial charge in [-0.3, -0.25) is 9.48 Å². The minimum atomic E-state index is -0.204. The number of hydrogen-bond acceptors (Lipinski definition) is 8. The van der Waals surface area contributed by atoms with E-state index in [1.165, 1.54) is 71.2 Å². The monoisotopic (exact) mass is 587 g/mol. The molecule has 1 amide bonds. The molecule has 0 radical (unpaired) electrons. The van der Waals surface area contributed by atoms with Gasteiger partial charge in [0.25, 0.3) is 5.91 Å². The number of amides is 1. The number of aryl methyl sites for hydroxylation is 1. The molecule has 2 bridgehead atoms. The van der Waals surface area contributed by atoms with Crippen LogP contribution in [0.1, 0.15) is 79.9 Å². The Hall–Kier alpha value is -3.02. The zero-order valence-corrected chi connectivity index (χ0v) is 25.4. The summed E-state index contributed by atoms with van der Waals surface area (Å²) in [6.07, 6.45) is 17.1. The fraction of sp³-hybridized carbons (Fsp3) is 0.688. The Balaban J connectivity index is 0.872. The molecule has 2 atom stereocenters. The molecule has 1 saturated carbocycles. The Labute approximate surface area is 253 Å². The maximum absolute atomic E-state index is 13.4. The second-order valence-electron chi connectivity index (χ2n) is 13.9. The number of aromatic nitrogens is 5. The molecule has 1 aliphatic carbocycles. The van der Waals surface area contributed by atoms with E-state index in [-0.39, 0.29) is 12.0 Å². The maximum Gasteiger partial charge on any atom is 0.261 e. The van der Waals surface area contributed by atoms with Crippen molar-refractivity contribution in [3.05, 3.63) is 35.9 Å². The highest BCUT2D eigenvalue weighted by Crippen LogP contribution is 2.41. The molecule has 5 fully saturated rings. The van der Waals surface area contributed by atoms with E-state index in [4.69, 9.17) is 14.8 Å². The lowest BCUT2D eigenvalue weighted by molar-refractivity contribution is 0.0592.